The van der Waals surface area contributed by atoms with Crippen LogP contribution in [0.25, 0.3) is 11.4 Å². The highest BCUT2D eigenvalue weighted by Gasteiger charge is 2.01. The van der Waals surface area contributed by atoms with E-state index in [0.29, 0.717) is 17.7 Å². The van der Waals surface area contributed by atoms with Crippen molar-refractivity contribution in [2.24, 2.45) is 0 Å². The minimum Gasteiger partial charge on any atom is -0.472 e. The van der Waals surface area contributed by atoms with E-state index >= 15 is 0 Å². The van der Waals surface area contributed by atoms with Crippen LogP contribution in [0.15, 0.2) is 35.4 Å². The van der Waals surface area contributed by atoms with E-state index in [0.717, 1.165) is 5.56 Å². The third kappa shape index (κ3) is 1.46. The first-order valence-corrected chi connectivity index (χ1v) is 3.70. The molecule has 2 heterocycles. The molecule has 64 valence electrons. The Morgan fingerprint density at radius 3 is 2.62 bits per heavy atom. The molecule has 0 radical (unpaired) electrons. The van der Waals surface area contributed by atoms with Crippen molar-refractivity contribution in [2.75, 3.05) is 0 Å². The second kappa shape index (κ2) is 3.18. The lowest BCUT2D eigenvalue weighted by Gasteiger charge is -1.93. The fraction of sp³-hybridized carbons (Fsp3) is 0. The van der Waals surface area contributed by atoms with Gasteiger partial charge in [0.15, 0.2) is 12.1 Å². The normalized spacial score (nSPS) is 9.85. The molecule has 0 amide bonds. The van der Waals surface area contributed by atoms with E-state index in [9.17, 15) is 4.79 Å². The maximum absolute atomic E-state index is 10.3. The molecule has 2 aromatic rings. The van der Waals surface area contributed by atoms with Crippen LogP contribution in [0, 0.1) is 0 Å². The molecule has 0 saturated carbocycles. The molecule has 0 spiro atoms. The van der Waals surface area contributed by atoms with Crippen LogP contribution in [0.4, 0.5) is 0 Å². The van der Waals surface area contributed by atoms with Gasteiger partial charge in [-0.3, -0.25) is 4.79 Å². The summed E-state index contributed by atoms with van der Waals surface area (Å²) in [6.07, 6.45) is 6.76. The molecular formula is C9H6N2O2. The summed E-state index contributed by atoms with van der Waals surface area (Å²) in [4.78, 5) is 18.3. The minimum absolute atomic E-state index is 0.465. The average Bonchev–Trinajstić information content (AvgIpc) is 2.71. The zero-order valence-electron chi connectivity index (χ0n) is 6.68. The molecule has 0 aromatic carbocycles. The van der Waals surface area contributed by atoms with E-state index in [1.807, 2.05) is 0 Å². The largest absolute Gasteiger partial charge is 0.472 e. The van der Waals surface area contributed by atoms with Gasteiger partial charge < -0.3 is 4.42 Å². The summed E-state index contributed by atoms with van der Waals surface area (Å²) in [5, 5.41) is 0. The van der Waals surface area contributed by atoms with Crippen LogP contribution in [-0.2, 0) is 0 Å². The van der Waals surface area contributed by atoms with Gasteiger partial charge in [-0.1, -0.05) is 0 Å². The lowest BCUT2D eigenvalue weighted by molar-refractivity contribution is 0.112. The van der Waals surface area contributed by atoms with Crippen molar-refractivity contribution in [1.29, 1.82) is 0 Å². The number of aromatic nitrogens is 2. The van der Waals surface area contributed by atoms with Gasteiger partial charge >= 0.3 is 0 Å². The Bertz CT molecular complexity index is 392. The molecule has 0 saturated heterocycles. The zero-order valence-corrected chi connectivity index (χ0v) is 6.68. The second-order valence-corrected chi connectivity index (χ2v) is 2.47. The maximum Gasteiger partial charge on any atom is 0.162 e. The molecule has 4 heteroatoms. The van der Waals surface area contributed by atoms with Gasteiger partial charge in [-0.15, -0.1) is 0 Å². The summed E-state index contributed by atoms with van der Waals surface area (Å²) in [6, 6.07) is 1.76. The fourth-order valence-electron chi connectivity index (χ4n) is 0.940. The van der Waals surface area contributed by atoms with Gasteiger partial charge in [0.1, 0.15) is 6.26 Å². The van der Waals surface area contributed by atoms with Crippen molar-refractivity contribution in [2.45, 2.75) is 0 Å². The Morgan fingerprint density at radius 1 is 1.31 bits per heavy atom. The molecule has 0 fully saturated rings. The molecular weight excluding hydrogens is 168 g/mol. The lowest BCUT2D eigenvalue weighted by Crippen LogP contribution is -1.89. The molecule has 0 aliphatic heterocycles. The van der Waals surface area contributed by atoms with Crippen LogP contribution in [0.1, 0.15) is 10.4 Å². The summed E-state index contributed by atoms with van der Waals surface area (Å²) in [6.45, 7) is 0. The summed E-state index contributed by atoms with van der Waals surface area (Å²) in [5.74, 6) is 0.555. The topological polar surface area (TPSA) is 56.0 Å². The van der Waals surface area contributed by atoms with Crippen molar-refractivity contribution in [3.05, 3.63) is 36.5 Å². The highest BCUT2D eigenvalue weighted by atomic mass is 16.3. The quantitative estimate of drug-likeness (QED) is 0.648. The van der Waals surface area contributed by atoms with E-state index in [2.05, 4.69) is 9.97 Å². The SMILES string of the molecule is O=Cc1cnc(-c2ccoc2)nc1. The summed E-state index contributed by atoms with van der Waals surface area (Å²) < 4.78 is 4.88. The molecule has 2 aromatic heterocycles. The smallest absolute Gasteiger partial charge is 0.162 e. The first-order chi connectivity index (χ1) is 6.40. The number of furan rings is 1. The average molecular weight is 174 g/mol. The third-order valence-electron chi connectivity index (χ3n) is 1.59. The Hall–Kier alpha value is -1.97. The number of rotatable bonds is 2. The van der Waals surface area contributed by atoms with Gasteiger partial charge in [-0.05, 0) is 6.07 Å². The first-order valence-electron chi connectivity index (χ1n) is 3.70. The summed E-state index contributed by atoms with van der Waals surface area (Å²) >= 11 is 0. The van der Waals surface area contributed by atoms with Gasteiger partial charge in [-0.2, -0.15) is 0 Å². The molecule has 13 heavy (non-hydrogen) atoms. The molecule has 2 rings (SSSR count). The van der Waals surface area contributed by atoms with Crippen LogP contribution in [-0.4, -0.2) is 16.3 Å². The third-order valence-corrected chi connectivity index (χ3v) is 1.59. The molecule has 0 aliphatic rings. The van der Waals surface area contributed by atoms with Crippen molar-refractivity contribution >= 4 is 6.29 Å². The number of nitrogens with zero attached hydrogens (tertiary/aromatic N) is 2. The minimum atomic E-state index is 0.465. The summed E-state index contributed by atoms with van der Waals surface area (Å²) in [7, 11) is 0. The highest BCUT2D eigenvalue weighted by Crippen LogP contribution is 2.13. The molecule has 4 nitrogen and oxygen atoms in total. The van der Waals surface area contributed by atoms with E-state index in [1.165, 1.54) is 12.4 Å². The van der Waals surface area contributed by atoms with Gasteiger partial charge in [0.2, 0.25) is 0 Å². The monoisotopic (exact) mass is 174 g/mol. The van der Waals surface area contributed by atoms with Crippen LogP contribution in [0.3, 0.4) is 0 Å². The fourth-order valence-corrected chi connectivity index (χ4v) is 0.940. The maximum atomic E-state index is 10.3. The van der Waals surface area contributed by atoms with E-state index < -0.39 is 0 Å². The van der Waals surface area contributed by atoms with Crippen LogP contribution in [0.5, 0.6) is 0 Å². The number of hydrogen-bond donors (Lipinski definition) is 0. The number of carbonyl (C=O) groups is 1. The van der Waals surface area contributed by atoms with E-state index in [4.69, 9.17) is 4.42 Å². The zero-order chi connectivity index (χ0) is 9.10. The van der Waals surface area contributed by atoms with Crippen LogP contribution < -0.4 is 0 Å². The Balaban J connectivity index is 2.38. The van der Waals surface area contributed by atoms with Crippen molar-refractivity contribution in [3.63, 3.8) is 0 Å². The van der Waals surface area contributed by atoms with Gasteiger partial charge in [0.05, 0.1) is 17.4 Å². The van der Waals surface area contributed by atoms with Crippen LogP contribution >= 0.6 is 0 Å². The molecule has 0 bridgehead atoms. The lowest BCUT2D eigenvalue weighted by atomic mass is 10.3. The Labute approximate surface area is 74.2 Å². The number of hydrogen-bond acceptors (Lipinski definition) is 4. The summed E-state index contributed by atoms with van der Waals surface area (Å²) in [5.41, 5.74) is 1.27. The predicted octanol–water partition coefficient (Wildman–Crippen LogP) is 1.55. The standard InChI is InChI=1S/C9H6N2O2/c12-5-7-3-10-9(11-4-7)8-1-2-13-6-8/h1-6H. The van der Waals surface area contributed by atoms with Gasteiger partial charge in [-0.25, -0.2) is 9.97 Å². The number of carbonyl (C=O) groups excluding carboxylic acids is 1. The van der Waals surface area contributed by atoms with E-state index in [1.54, 1.807) is 18.6 Å². The van der Waals surface area contributed by atoms with E-state index in [-0.39, 0.29) is 0 Å². The Kier molecular flexibility index (Phi) is 1.88. The molecule has 0 aliphatic carbocycles. The number of aldehydes is 1. The molecule has 0 atom stereocenters. The molecule has 0 unspecified atom stereocenters. The van der Waals surface area contributed by atoms with Crippen molar-refractivity contribution in [3.8, 4) is 11.4 Å². The first kappa shape index (κ1) is 7.67. The van der Waals surface area contributed by atoms with Gasteiger partial charge in [0, 0.05) is 12.4 Å². The second-order valence-electron chi connectivity index (χ2n) is 2.47. The Morgan fingerprint density at radius 2 is 2.08 bits per heavy atom. The molecule has 0 N–H and O–H groups in total. The predicted molar refractivity (Wildman–Crippen MR) is 45.1 cm³/mol. The van der Waals surface area contributed by atoms with Crippen LogP contribution in [0.2, 0.25) is 0 Å². The van der Waals surface area contributed by atoms with Crippen molar-refractivity contribution < 1.29 is 9.21 Å². The van der Waals surface area contributed by atoms with Gasteiger partial charge in [0.25, 0.3) is 0 Å². The highest BCUT2D eigenvalue weighted by molar-refractivity contribution is 5.73. The van der Waals surface area contributed by atoms with Crippen molar-refractivity contribution in [1.82, 2.24) is 9.97 Å².